The second-order valence-electron chi connectivity index (χ2n) is 5.65. The monoisotopic (exact) mass is 211 g/mol. The van der Waals surface area contributed by atoms with E-state index in [-0.39, 0.29) is 11.1 Å². The van der Waals surface area contributed by atoms with E-state index in [1.165, 1.54) is 0 Å². The Bertz CT molecular complexity index is 247. The molecule has 0 unspecified atom stereocenters. The number of piperidine rings is 1. The van der Waals surface area contributed by atoms with Gasteiger partial charge in [0.2, 0.25) is 0 Å². The quantitative estimate of drug-likeness (QED) is 0.544. The van der Waals surface area contributed by atoms with Crippen molar-refractivity contribution in [2.24, 2.45) is 0 Å². The summed E-state index contributed by atoms with van der Waals surface area (Å²) in [6, 6.07) is 0.424. The molecular weight excluding hydrogens is 188 g/mol. The van der Waals surface area contributed by atoms with Gasteiger partial charge >= 0.3 is 0 Å². The first-order chi connectivity index (χ1) is 6.79. The maximum absolute atomic E-state index is 8.11. The second kappa shape index (κ2) is 4.13. The van der Waals surface area contributed by atoms with Gasteiger partial charge in [0.05, 0.1) is 17.6 Å². The van der Waals surface area contributed by atoms with Crippen LogP contribution >= 0.6 is 0 Å². The van der Waals surface area contributed by atoms with Gasteiger partial charge in [0.1, 0.15) is 0 Å². The summed E-state index contributed by atoms with van der Waals surface area (Å²) in [5.74, 6) is 2.61. The van der Waals surface area contributed by atoms with Crippen LogP contribution in [0, 0.1) is 12.3 Å². The minimum atomic E-state index is -0.0893. The molecule has 0 saturated carbocycles. The lowest BCUT2D eigenvalue weighted by molar-refractivity contribution is -0.246. The molecule has 3 heteroatoms. The van der Waals surface area contributed by atoms with E-state index < -0.39 is 0 Å². The predicted octanol–water partition coefficient (Wildman–Crippen LogP) is 0.870. The van der Waals surface area contributed by atoms with E-state index in [2.05, 4.69) is 38.9 Å². The molecule has 0 radical (unpaired) electrons. The number of rotatable bonds is 2. The number of hydrogen-bond donors (Lipinski definition) is 1. The molecule has 0 atom stereocenters. The van der Waals surface area contributed by atoms with E-state index in [0.29, 0.717) is 12.6 Å². The van der Waals surface area contributed by atoms with Gasteiger partial charge in [-0.3, -0.25) is 0 Å². The molecule has 1 saturated heterocycles. The van der Waals surface area contributed by atoms with E-state index in [4.69, 9.17) is 11.6 Å². The van der Waals surface area contributed by atoms with Gasteiger partial charge < -0.3 is 10.5 Å². The number of hydroxylamine groups is 2. The van der Waals surface area contributed by atoms with E-state index in [0.717, 1.165) is 12.8 Å². The minimum absolute atomic E-state index is 0.0893. The third-order valence-corrected chi connectivity index (χ3v) is 3.20. The Morgan fingerprint density at radius 3 is 2.20 bits per heavy atom. The fourth-order valence-corrected chi connectivity index (χ4v) is 2.63. The number of hydrogen-bond acceptors (Lipinski definition) is 2. The highest BCUT2D eigenvalue weighted by molar-refractivity contribution is 5.00. The van der Waals surface area contributed by atoms with Crippen LogP contribution in [-0.4, -0.2) is 33.9 Å². The molecule has 0 spiro atoms. The molecule has 15 heavy (non-hydrogen) atoms. The van der Waals surface area contributed by atoms with Crippen molar-refractivity contribution >= 4 is 0 Å². The highest BCUT2D eigenvalue weighted by Gasteiger charge is 2.48. The predicted molar refractivity (Wildman–Crippen MR) is 63.5 cm³/mol. The Morgan fingerprint density at radius 1 is 1.33 bits per heavy atom. The third-order valence-electron chi connectivity index (χ3n) is 3.20. The molecule has 0 aromatic rings. The van der Waals surface area contributed by atoms with Crippen molar-refractivity contribution in [3.05, 3.63) is 0 Å². The minimum Gasteiger partial charge on any atom is -0.338 e. The topological polar surface area (TPSA) is 38.2 Å². The van der Waals surface area contributed by atoms with Crippen LogP contribution < -0.4 is 5.32 Å². The number of nitrogens with zero attached hydrogens (tertiary/aromatic N) is 1. The van der Waals surface area contributed by atoms with E-state index >= 15 is 0 Å². The highest BCUT2D eigenvalue weighted by atomic mass is 16.5. The second-order valence-corrected chi connectivity index (χ2v) is 5.65. The van der Waals surface area contributed by atoms with Gasteiger partial charge in [-0.25, -0.2) is 0 Å². The van der Waals surface area contributed by atoms with Crippen LogP contribution in [0.1, 0.15) is 40.5 Å². The Balaban J connectivity index is 2.71. The van der Waals surface area contributed by atoms with E-state index in [1.54, 1.807) is 5.06 Å². The molecule has 86 valence electrons. The smallest absolute Gasteiger partial charge is 0.0849 e. The van der Waals surface area contributed by atoms with Crippen molar-refractivity contribution in [3.63, 3.8) is 0 Å². The standard InChI is InChI=1S/C12H22N2O/c1-6-7-13-10-8-11(2,3)14(15)12(4,5)9-10/h1,10,13,15H,7-9H2,2-5H3/p+1. The maximum atomic E-state index is 8.11. The first-order valence-electron chi connectivity index (χ1n) is 5.48. The van der Waals surface area contributed by atoms with Crippen LogP contribution in [0.3, 0.4) is 0 Å². The summed E-state index contributed by atoms with van der Waals surface area (Å²) in [4.78, 5) is 0. The molecule has 0 amide bonds. The molecule has 1 rings (SSSR count). The molecule has 3 nitrogen and oxygen atoms in total. The van der Waals surface area contributed by atoms with E-state index in [1.807, 2.05) is 0 Å². The summed E-state index contributed by atoms with van der Waals surface area (Å²) in [5.41, 5.74) is -0.179. The third kappa shape index (κ3) is 2.72. The molecule has 1 aliphatic heterocycles. The molecule has 0 aromatic heterocycles. The van der Waals surface area contributed by atoms with Gasteiger partial charge in [-0.05, 0) is 40.5 Å². The lowest BCUT2D eigenvalue weighted by Gasteiger charge is -2.47. The van der Waals surface area contributed by atoms with Gasteiger partial charge in [-0.2, -0.15) is 0 Å². The molecule has 1 fully saturated rings. The zero-order valence-corrected chi connectivity index (χ0v) is 10.2. The van der Waals surface area contributed by atoms with Crippen molar-refractivity contribution in [1.82, 2.24) is 10.4 Å². The van der Waals surface area contributed by atoms with Crippen molar-refractivity contribution in [3.8, 4) is 12.3 Å². The molecule has 0 aromatic carbocycles. The fraction of sp³-hybridized carbons (Fsp3) is 0.833. The lowest BCUT2D eigenvalue weighted by atomic mass is 9.79. The Kier molecular flexibility index (Phi) is 3.44. The van der Waals surface area contributed by atoms with Crippen LogP contribution in [0.5, 0.6) is 0 Å². The average Bonchev–Trinajstić information content (AvgIpc) is 2.10. The first-order valence-corrected chi connectivity index (χ1v) is 5.48. The summed E-state index contributed by atoms with van der Waals surface area (Å²) in [6.07, 6.45) is 7.20. The Morgan fingerprint density at radius 2 is 1.80 bits per heavy atom. The summed E-state index contributed by atoms with van der Waals surface area (Å²) in [7, 11) is 0. The van der Waals surface area contributed by atoms with E-state index in [9.17, 15) is 0 Å². The molecule has 1 aliphatic rings. The summed E-state index contributed by atoms with van der Waals surface area (Å²) < 4.78 is 0. The summed E-state index contributed by atoms with van der Waals surface area (Å²) >= 11 is 0. The summed E-state index contributed by atoms with van der Waals surface area (Å²) in [5, 5.41) is 13.2. The molecular formula is C12H23N2O+. The number of terminal acetylenes is 1. The Hall–Kier alpha value is -0.560. The van der Waals surface area contributed by atoms with Gasteiger partial charge in [-0.1, -0.05) is 11.0 Å². The average molecular weight is 211 g/mol. The SMILES string of the molecule is C#CCNC1CC(C)(C)N([OH2+])C(C)(C)C1. The first kappa shape index (κ1) is 12.5. The van der Waals surface area contributed by atoms with Crippen molar-refractivity contribution in [1.29, 1.82) is 0 Å². The lowest BCUT2D eigenvalue weighted by Crippen LogP contribution is -2.62. The normalized spacial score (nSPS) is 26.1. The van der Waals surface area contributed by atoms with Crippen LogP contribution in [0.2, 0.25) is 0 Å². The van der Waals surface area contributed by atoms with Gasteiger partial charge in [-0.15, -0.1) is 6.42 Å². The van der Waals surface area contributed by atoms with Crippen LogP contribution in [-0.2, 0) is 0 Å². The molecule has 0 aliphatic carbocycles. The van der Waals surface area contributed by atoms with Gasteiger partial charge in [0.25, 0.3) is 0 Å². The largest absolute Gasteiger partial charge is 0.338 e. The van der Waals surface area contributed by atoms with Gasteiger partial charge in [0.15, 0.2) is 0 Å². The summed E-state index contributed by atoms with van der Waals surface area (Å²) in [6.45, 7) is 9.09. The molecule has 3 N–H and O–H groups in total. The molecule has 0 bridgehead atoms. The molecule has 1 heterocycles. The van der Waals surface area contributed by atoms with Gasteiger partial charge in [0, 0.05) is 6.04 Å². The van der Waals surface area contributed by atoms with Crippen molar-refractivity contribution in [2.75, 3.05) is 6.54 Å². The highest BCUT2D eigenvalue weighted by Crippen LogP contribution is 2.36. The number of nitrogens with one attached hydrogen (secondary N) is 1. The fourth-order valence-electron chi connectivity index (χ4n) is 2.63. The van der Waals surface area contributed by atoms with Crippen molar-refractivity contribution in [2.45, 2.75) is 57.7 Å². The van der Waals surface area contributed by atoms with Crippen LogP contribution in [0.4, 0.5) is 0 Å². The van der Waals surface area contributed by atoms with Crippen LogP contribution in [0.25, 0.3) is 0 Å². The Labute approximate surface area is 92.8 Å². The maximum Gasteiger partial charge on any atom is 0.0849 e. The van der Waals surface area contributed by atoms with Crippen molar-refractivity contribution < 1.29 is 5.21 Å². The zero-order chi connectivity index (χ0) is 11.7. The van der Waals surface area contributed by atoms with Crippen LogP contribution in [0.15, 0.2) is 0 Å². The zero-order valence-electron chi connectivity index (χ0n) is 10.2.